The second kappa shape index (κ2) is 8.49. The van der Waals surface area contributed by atoms with Crippen LogP contribution in [0.5, 0.6) is 0 Å². The van der Waals surface area contributed by atoms with Crippen molar-refractivity contribution in [2.24, 2.45) is 0 Å². The summed E-state index contributed by atoms with van der Waals surface area (Å²) in [5.74, 6) is 0. The minimum atomic E-state index is 0.262. The maximum atomic E-state index is 6.05. The van der Waals surface area contributed by atoms with Gasteiger partial charge >= 0.3 is 0 Å². The van der Waals surface area contributed by atoms with E-state index in [1.54, 1.807) is 0 Å². The Labute approximate surface area is 115 Å². The average Bonchev–Trinajstić information content (AvgIpc) is 2.31. The van der Waals surface area contributed by atoms with Crippen LogP contribution in [0.4, 0.5) is 0 Å². The van der Waals surface area contributed by atoms with Gasteiger partial charge < -0.3 is 9.47 Å². The van der Waals surface area contributed by atoms with Crippen molar-refractivity contribution < 1.29 is 9.47 Å². The van der Waals surface area contributed by atoms with E-state index in [0.717, 1.165) is 13.0 Å². The number of hydrogen-bond acceptors (Lipinski definition) is 2. The molecule has 0 aromatic rings. The number of ether oxygens (including phenoxy) is 2. The Hall–Kier alpha value is 0.400. The molecule has 0 radical (unpaired) electrons. The van der Waals surface area contributed by atoms with E-state index in [9.17, 15) is 0 Å². The van der Waals surface area contributed by atoms with Crippen LogP contribution in [0.15, 0.2) is 0 Å². The fourth-order valence-electron chi connectivity index (χ4n) is 2.29. The first-order chi connectivity index (χ1) is 8.19. The minimum absolute atomic E-state index is 0.262. The molecule has 1 fully saturated rings. The third-order valence-corrected chi connectivity index (χ3v) is 4.31. The van der Waals surface area contributed by atoms with Gasteiger partial charge in [0.1, 0.15) is 0 Å². The van der Waals surface area contributed by atoms with Crippen LogP contribution >= 0.6 is 15.9 Å². The normalized spacial score (nSPS) is 30.0. The highest BCUT2D eigenvalue weighted by atomic mass is 79.9. The molecule has 0 aromatic carbocycles. The van der Waals surface area contributed by atoms with Crippen LogP contribution in [0.2, 0.25) is 0 Å². The molecule has 1 rings (SSSR count). The summed E-state index contributed by atoms with van der Waals surface area (Å²) in [6.07, 6.45) is 8.49. The maximum Gasteiger partial charge on any atom is 0.0962 e. The lowest BCUT2D eigenvalue weighted by molar-refractivity contribution is -0.141. The summed E-state index contributed by atoms with van der Waals surface area (Å²) in [7, 11) is 0. The molecule has 1 aliphatic rings. The molecule has 2 nitrogen and oxygen atoms in total. The third kappa shape index (κ3) is 5.27. The van der Waals surface area contributed by atoms with Crippen molar-refractivity contribution in [2.45, 2.75) is 82.4 Å². The van der Waals surface area contributed by atoms with Gasteiger partial charge in [-0.3, -0.25) is 0 Å². The molecule has 1 saturated carbocycles. The molecule has 1 aliphatic carbocycles. The Kier molecular flexibility index (Phi) is 7.72. The van der Waals surface area contributed by atoms with E-state index in [0.29, 0.717) is 17.0 Å². The number of unbranched alkanes of at least 4 members (excludes halogenated alkanes) is 3. The molecule has 0 N–H and O–H groups in total. The van der Waals surface area contributed by atoms with Crippen molar-refractivity contribution in [3.63, 3.8) is 0 Å². The summed E-state index contributed by atoms with van der Waals surface area (Å²) >= 11 is 3.63. The average molecular weight is 307 g/mol. The standard InChI is InChI=1S/C14H27BrO2/c1-4-6-7-8-9-11(3)17-13-10-12(15)14(13)16-5-2/h11-14H,4-10H2,1-3H3. The predicted octanol–water partition coefficient (Wildman–Crippen LogP) is 4.30. The van der Waals surface area contributed by atoms with Crippen molar-refractivity contribution >= 4 is 15.9 Å². The highest BCUT2D eigenvalue weighted by molar-refractivity contribution is 9.09. The van der Waals surface area contributed by atoms with Gasteiger partial charge in [0, 0.05) is 11.4 Å². The summed E-state index contributed by atoms with van der Waals surface area (Å²) in [5, 5.41) is 0. The molecule has 17 heavy (non-hydrogen) atoms. The Balaban J connectivity index is 2.11. The first kappa shape index (κ1) is 15.5. The first-order valence-corrected chi connectivity index (χ1v) is 8.01. The van der Waals surface area contributed by atoms with Crippen LogP contribution < -0.4 is 0 Å². The summed E-state index contributed by atoms with van der Waals surface area (Å²) in [5.41, 5.74) is 0. The zero-order valence-electron chi connectivity index (χ0n) is 11.5. The smallest absolute Gasteiger partial charge is 0.0962 e. The zero-order chi connectivity index (χ0) is 12.7. The molecule has 0 spiro atoms. The molecule has 0 bridgehead atoms. The van der Waals surface area contributed by atoms with Crippen LogP contribution in [0.25, 0.3) is 0 Å². The molecule has 0 amide bonds. The molecule has 0 heterocycles. The fraction of sp³-hybridized carbons (Fsp3) is 1.00. The molecule has 3 heteroatoms. The summed E-state index contributed by atoms with van der Waals surface area (Å²) in [4.78, 5) is 0.486. The first-order valence-electron chi connectivity index (χ1n) is 7.10. The Bertz CT molecular complexity index is 199. The van der Waals surface area contributed by atoms with E-state index >= 15 is 0 Å². The van der Waals surface area contributed by atoms with Gasteiger partial charge in [0.15, 0.2) is 0 Å². The Morgan fingerprint density at radius 3 is 2.59 bits per heavy atom. The van der Waals surface area contributed by atoms with Crippen LogP contribution in [-0.2, 0) is 9.47 Å². The van der Waals surface area contributed by atoms with Gasteiger partial charge in [-0.2, -0.15) is 0 Å². The van der Waals surface area contributed by atoms with Crippen molar-refractivity contribution in [1.29, 1.82) is 0 Å². The summed E-state index contributed by atoms with van der Waals surface area (Å²) < 4.78 is 11.7. The molecule has 4 atom stereocenters. The fourth-order valence-corrected chi connectivity index (χ4v) is 3.15. The highest BCUT2D eigenvalue weighted by Crippen LogP contribution is 2.34. The van der Waals surface area contributed by atoms with E-state index in [1.807, 2.05) is 6.92 Å². The highest BCUT2D eigenvalue weighted by Gasteiger charge is 2.41. The van der Waals surface area contributed by atoms with Gasteiger partial charge in [0.2, 0.25) is 0 Å². The molecule has 102 valence electrons. The number of rotatable bonds is 9. The predicted molar refractivity (Wildman–Crippen MR) is 75.8 cm³/mol. The number of halogens is 1. The van der Waals surface area contributed by atoms with Gasteiger partial charge in [-0.1, -0.05) is 48.5 Å². The lowest BCUT2D eigenvalue weighted by atomic mass is 9.91. The zero-order valence-corrected chi connectivity index (χ0v) is 13.0. The van der Waals surface area contributed by atoms with Gasteiger partial charge in [0.25, 0.3) is 0 Å². The SMILES string of the molecule is CCCCCCC(C)OC1CC(Br)C1OCC. The molecular weight excluding hydrogens is 280 g/mol. The van der Waals surface area contributed by atoms with Crippen LogP contribution in [0.1, 0.15) is 59.3 Å². The van der Waals surface area contributed by atoms with Crippen LogP contribution in [-0.4, -0.2) is 29.7 Å². The lowest BCUT2D eigenvalue weighted by Crippen LogP contribution is -2.51. The van der Waals surface area contributed by atoms with Crippen molar-refractivity contribution in [2.75, 3.05) is 6.61 Å². The monoisotopic (exact) mass is 306 g/mol. The van der Waals surface area contributed by atoms with Crippen molar-refractivity contribution in [1.82, 2.24) is 0 Å². The van der Waals surface area contributed by atoms with E-state index in [2.05, 4.69) is 29.8 Å². The van der Waals surface area contributed by atoms with Gasteiger partial charge in [-0.25, -0.2) is 0 Å². The molecular formula is C14H27BrO2. The van der Waals surface area contributed by atoms with E-state index < -0.39 is 0 Å². The Morgan fingerprint density at radius 1 is 1.24 bits per heavy atom. The van der Waals surface area contributed by atoms with E-state index in [4.69, 9.17) is 9.47 Å². The van der Waals surface area contributed by atoms with Crippen molar-refractivity contribution in [3.05, 3.63) is 0 Å². The van der Waals surface area contributed by atoms with E-state index in [-0.39, 0.29) is 6.10 Å². The minimum Gasteiger partial charge on any atom is -0.375 e. The third-order valence-electron chi connectivity index (χ3n) is 3.41. The largest absolute Gasteiger partial charge is 0.375 e. The molecule has 0 aliphatic heterocycles. The van der Waals surface area contributed by atoms with Gasteiger partial charge in [-0.05, 0) is 26.7 Å². The Morgan fingerprint density at radius 2 is 2.00 bits per heavy atom. The summed E-state index contributed by atoms with van der Waals surface area (Å²) in [6, 6.07) is 0. The molecule has 4 unspecified atom stereocenters. The quantitative estimate of drug-likeness (QED) is 0.467. The van der Waals surface area contributed by atoms with Crippen LogP contribution in [0.3, 0.4) is 0 Å². The topological polar surface area (TPSA) is 18.5 Å². The van der Waals surface area contributed by atoms with Crippen molar-refractivity contribution in [3.8, 4) is 0 Å². The lowest BCUT2D eigenvalue weighted by Gasteiger charge is -2.42. The molecule has 0 aromatic heterocycles. The van der Waals surface area contributed by atoms with Crippen LogP contribution in [0, 0.1) is 0 Å². The van der Waals surface area contributed by atoms with Gasteiger partial charge in [-0.15, -0.1) is 0 Å². The molecule has 0 saturated heterocycles. The maximum absolute atomic E-state index is 6.05. The van der Waals surface area contributed by atoms with Gasteiger partial charge in [0.05, 0.1) is 18.3 Å². The van der Waals surface area contributed by atoms with E-state index in [1.165, 1.54) is 32.1 Å². The second-order valence-electron chi connectivity index (χ2n) is 5.01. The second-order valence-corrected chi connectivity index (χ2v) is 6.18. The number of hydrogen-bond donors (Lipinski definition) is 0. The summed E-state index contributed by atoms with van der Waals surface area (Å²) in [6.45, 7) is 7.26. The number of alkyl halides is 1.